The minimum Gasteiger partial charge on any atom is -0.870 e. The van der Waals surface area contributed by atoms with Crippen LogP contribution < -0.4 is 30.0 Å². The largest absolute Gasteiger partial charge is 1.00 e. The van der Waals surface area contributed by atoms with E-state index in [1.165, 1.54) is 48.5 Å². The molecule has 0 saturated carbocycles. The number of pyridine rings is 2. The number of hydrogen-bond donors (Lipinski definition) is 1. The van der Waals surface area contributed by atoms with E-state index in [4.69, 9.17) is 4.74 Å². The van der Waals surface area contributed by atoms with Crippen molar-refractivity contribution in [1.82, 2.24) is 18.9 Å². The molecule has 2 unspecified atom stereocenters. The molecule has 0 aliphatic carbocycles. The Morgan fingerprint density at radius 3 is 1.09 bits per heavy atom. The fraction of sp³-hybridized carbons (Fsp3) is 0.500. The van der Waals surface area contributed by atoms with Gasteiger partial charge in [-0.05, 0) is 205 Å². The molecule has 13 nitrogen and oxygen atoms in total. The molecule has 2 saturated heterocycles. The van der Waals surface area contributed by atoms with Crippen LogP contribution in [0.3, 0.4) is 0 Å². The standard InChI is InChI=1S/C39H43F9N2O4.C37H39F9N2O4.Li.H2O.2H2S/c1-7-54-33(53)16-25(35-36(41)26(17-28(37(35)42)39(46,47)48)34-21(4)14-29(40)22(5)23(34)6)15-31(51)30(13-20(2)3)50-19-24(9-12-49-10-8-11-49)27(18-32(50)52)38(43,44)45;1-18(2)11-28(48-17-22(7-10-47-8-6-9-47)25(16-30(48)50)36(41,42)43)29(49)13-23(14-31(51)52)33-34(39)24(15-26(35(33)40)37(44,45)46)32-19(3)12-27(38)20(4)21(32)5;;;;/h14,17-20,25,30H,7-13,15-16H2,1-6H3;12,15-18,23,28H,6-11,13-14H2,1-5H3,(H,51,52);;3*1H2/q;;+1;;;/p-1/t25-,30?;23-,28?;;;;/m00..../s1. The van der Waals surface area contributed by atoms with Crippen molar-refractivity contribution in [1.29, 1.82) is 0 Å². The molecule has 2 aliphatic rings. The number of esters is 1. The maximum absolute atomic E-state index is 16.8. The van der Waals surface area contributed by atoms with Crippen LogP contribution in [0.1, 0.15) is 188 Å². The summed E-state index contributed by atoms with van der Waals surface area (Å²) < 4.78 is 272. The van der Waals surface area contributed by atoms with Crippen LogP contribution in [0.15, 0.2) is 58.4 Å². The fourth-order valence-corrected chi connectivity index (χ4v) is 13.7. The van der Waals surface area contributed by atoms with Gasteiger partial charge in [0.15, 0.2) is 11.6 Å². The number of ether oxygens (including phenoxy) is 1. The van der Waals surface area contributed by atoms with Gasteiger partial charge in [-0.1, -0.05) is 27.7 Å². The van der Waals surface area contributed by atoms with Crippen LogP contribution in [0.4, 0.5) is 79.0 Å². The molecule has 110 heavy (non-hydrogen) atoms. The molecule has 604 valence electrons. The number of carboxylic acids is 1. The van der Waals surface area contributed by atoms with E-state index >= 15 is 17.6 Å². The van der Waals surface area contributed by atoms with E-state index in [1.54, 1.807) is 27.7 Å². The second kappa shape index (κ2) is 39.1. The predicted octanol–water partition coefficient (Wildman–Crippen LogP) is 15.4. The molecule has 6 aromatic rings. The number of aliphatic carboxylic acids is 1. The van der Waals surface area contributed by atoms with Gasteiger partial charge in [-0.15, -0.1) is 0 Å². The van der Waals surface area contributed by atoms with Crippen LogP contribution in [0.5, 0.6) is 0 Å². The maximum atomic E-state index is 16.8. The van der Waals surface area contributed by atoms with Gasteiger partial charge in [0.05, 0.1) is 53.8 Å². The molecule has 34 heteroatoms. The van der Waals surface area contributed by atoms with Crippen molar-refractivity contribution >= 4 is 50.5 Å². The molecule has 4 atom stereocenters. The number of ketones is 2. The second-order valence-corrected chi connectivity index (χ2v) is 28.1. The predicted molar refractivity (Wildman–Crippen MR) is 381 cm³/mol. The summed E-state index contributed by atoms with van der Waals surface area (Å²) >= 11 is 0. The Bertz CT molecular complexity index is 4440. The Kier molecular flexibility index (Phi) is 34.6. The van der Waals surface area contributed by atoms with E-state index in [9.17, 15) is 95.3 Å². The number of aryl methyl sites for hydroxylation is 2. The number of carbonyl (C=O) groups excluding carboxylic acids is 3. The quantitative estimate of drug-likeness (QED) is 0.0295. The van der Waals surface area contributed by atoms with Crippen LogP contribution in [-0.2, 0) is 61.5 Å². The van der Waals surface area contributed by atoms with E-state index in [1.807, 2.05) is 9.80 Å². The molecule has 0 amide bonds. The number of carbonyl (C=O) groups is 4. The second-order valence-electron chi connectivity index (χ2n) is 28.1. The molecule has 0 bridgehead atoms. The fourth-order valence-electron chi connectivity index (χ4n) is 13.7. The number of Topliss-reactive ketones (excluding diaryl/α,β-unsaturated/α-hetero) is 2. The minimum atomic E-state index is -5.42. The topological polar surface area (TPSA) is 178 Å². The molecule has 2 N–H and O–H groups in total. The van der Waals surface area contributed by atoms with E-state index in [2.05, 4.69) is 0 Å². The molecular formula is C76H87F18LiN4O9S2. The van der Waals surface area contributed by atoms with E-state index in [0.717, 1.165) is 46.5 Å². The third kappa shape index (κ3) is 22.9. The number of halogens is 18. The summed E-state index contributed by atoms with van der Waals surface area (Å²) in [6, 6.07) is 0.0816. The molecule has 0 radical (unpaired) electrons. The Morgan fingerprint density at radius 1 is 0.482 bits per heavy atom. The van der Waals surface area contributed by atoms with E-state index < -0.39 is 194 Å². The van der Waals surface area contributed by atoms with Crippen LogP contribution in [0.25, 0.3) is 22.3 Å². The SMILES string of the molecule is CCOC(=O)C[C@H](CC(=O)C(CC(C)C)n1cc(CCN2CCC2)c(C(F)(F)F)cc1=O)c1c(F)c(-c2c(C)cc(F)c(C)c2C)cc(C(F)(F)F)c1F.Cc1cc(F)c(C)c(C)c1-c1cc(C(F)(F)F)c(F)c([C@H](CC(=O)O)CC(=O)C(CC(C)C)n2cc(CCN3CCC3)c(C(F)(F)F)cc2=O)c1F.S.S.[Li+].[OH-]. The third-order valence-electron chi connectivity index (χ3n) is 19.6. The zero-order valence-corrected chi connectivity index (χ0v) is 64.4. The maximum Gasteiger partial charge on any atom is 1.00 e. The minimum absolute atomic E-state index is 0. The Labute approximate surface area is 649 Å². The smallest absolute Gasteiger partial charge is 0.870 e. The summed E-state index contributed by atoms with van der Waals surface area (Å²) in [7, 11) is 0. The van der Waals surface area contributed by atoms with Gasteiger partial charge in [-0.3, -0.25) is 28.8 Å². The number of likely N-dealkylation sites (tertiary alicyclic amines) is 2. The first-order chi connectivity index (χ1) is 49.1. The van der Waals surface area contributed by atoms with Crippen molar-refractivity contribution in [3.63, 3.8) is 0 Å². The van der Waals surface area contributed by atoms with Gasteiger partial charge in [0.25, 0.3) is 11.1 Å². The molecular weight excluding hydrogens is 1530 g/mol. The van der Waals surface area contributed by atoms with Crippen molar-refractivity contribution in [2.45, 2.75) is 189 Å². The average molecular weight is 1610 g/mol. The van der Waals surface area contributed by atoms with E-state index in [0.29, 0.717) is 38.3 Å². The number of hydrogen-bond acceptors (Lipinski definition) is 10. The van der Waals surface area contributed by atoms with Gasteiger partial charge in [0.1, 0.15) is 34.9 Å². The van der Waals surface area contributed by atoms with Gasteiger partial charge >= 0.3 is 55.5 Å². The molecule has 4 aromatic carbocycles. The van der Waals surface area contributed by atoms with E-state index in [-0.39, 0.29) is 170 Å². The first-order valence-electron chi connectivity index (χ1n) is 34.3. The van der Waals surface area contributed by atoms with Crippen LogP contribution >= 0.6 is 27.0 Å². The van der Waals surface area contributed by atoms with Gasteiger partial charge in [-0.2, -0.15) is 79.7 Å². The molecule has 2 aromatic heterocycles. The van der Waals surface area contributed by atoms with Crippen molar-refractivity contribution in [3.8, 4) is 22.3 Å². The Morgan fingerprint density at radius 2 is 0.809 bits per heavy atom. The van der Waals surface area contributed by atoms with Crippen LogP contribution in [0.2, 0.25) is 0 Å². The number of carboxylic acid groups (broad SMARTS) is 1. The Balaban J connectivity index is 0.000000551. The zero-order chi connectivity index (χ0) is 79.5. The summed E-state index contributed by atoms with van der Waals surface area (Å²) in [6.45, 7) is 18.9. The molecule has 2 fully saturated rings. The van der Waals surface area contributed by atoms with Crippen LogP contribution in [-0.4, -0.2) is 98.9 Å². The van der Waals surface area contributed by atoms with Crippen molar-refractivity contribution in [3.05, 3.63) is 182 Å². The summed E-state index contributed by atoms with van der Waals surface area (Å²) in [6.07, 6.45) is -21.9. The van der Waals surface area contributed by atoms with Gasteiger partial charge in [0.2, 0.25) is 0 Å². The zero-order valence-electron chi connectivity index (χ0n) is 62.4. The van der Waals surface area contributed by atoms with Gasteiger partial charge in [0, 0.05) is 84.5 Å². The first kappa shape index (κ1) is 97.2. The number of aromatic nitrogens is 2. The number of benzene rings is 4. The summed E-state index contributed by atoms with van der Waals surface area (Å²) in [4.78, 5) is 83.6. The molecule has 8 rings (SSSR count). The molecule has 0 spiro atoms. The molecule has 4 heterocycles. The van der Waals surface area contributed by atoms with Crippen molar-refractivity contribution in [2.24, 2.45) is 11.8 Å². The molecule has 2 aliphatic heterocycles. The van der Waals surface area contributed by atoms with Crippen LogP contribution in [0, 0.1) is 88.3 Å². The third-order valence-corrected chi connectivity index (χ3v) is 19.6. The number of rotatable bonds is 27. The summed E-state index contributed by atoms with van der Waals surface area (Å²) in [5.74, 6) is -18.4. The number of nitrogens with zero attached hydrogens (tertiary/aromatic N) is 4. The first-order valence-corrected chi connectivity index (χ1v) is 34.3. The normalized spacial score (nSPS) is 14.5. The van der Waals surface area contributed by atoms with Crippen molar-refractivity contribution < 1.29 is 132 Å². The van der Waals surface area contributed by atoms with Crippen molar-refractivity contribution in [2.75, 3.05) is 45.9 Å². The van der Waals surface area contributed by atoms with Gasteiger partial charge in [-0.25, -0.2) is 26.3 Å². The summed E-state index contributed by atoms with van der Waals surface area (Å²) in [5, 5.41) is 9.74. The Hall–Kier alpha value is -7.02. The average Bonchev–Trinajstić information content (AvgIpc) is 0.755. The number of alkyl halides is 12. The van der Waals surface area contributed by atoms with Gasteiger partial charge < -0.3 is 34.3 Å². The summed E-state index contributed by atoms with van der Waals surface area (Å²) in [5.41, 5.74) is -13.6. The monoisotopic (exact) mass is 1610 g/mol.